The van der Waals surface area contributed by atoms with E-state index in [0.29, 0.717) is 6.42 Å². The number of rotatable bonds is 6. The van der Waals surface area contributed by atoms with Gasteiger partial charge in [0.25, 0.3) is 0 Å². The molecule has 3 aromatic rings. The Balaban J connectivity index is 1.75. The smallest absolute Gasteiger partial charge is 0.222 e. The first-order valence-corrected chi connectivity index (χ1v) is 9.76. The van der Waals surface area contributed by atoms with Crippen LogP contribution < -0.4 is 4.74 Å². The summed E-state index contributed by atoms with van der Waals surface area (Å²) in [6.45, 7) is 1.63. The molecule has 0 bridgehead atoms. The molecule has 1 heterocycles. The summed E-state index contributed by atoms with van der Waals surface area (Å²) in [7, 11) is 1.68. The van der Waals surface area contributed by atoms with Crippen LogP contribution in [0.4, 0.5) is 0 Å². The highest BCUT2D eigenvalue weighted by molar-refractivity contribution is 5.91. The van der Waals surface area contributed by atoms with E-state index < -0.39 is 0 Å². The van der Waals surface area contributed by atoms with Crippen LogP contribution in [0.15, 0.2) is 54.6 Å². The number of hydrogen-bond donors (Lipinski definition) is 1. The van der Waals surface area contributed by atoms with Crippen molar-refractivity contribution in [3.05, 3.63) is 65.7 Å². The number of amides is 1. The Kier molecular flexibility index (Phi) is 5.31. The highest BCUT2D eigenvalue weighted by atomic mass is 16.5. The second-order valence-electron chi connectivity index (χ2n) is 7.32. The van der Waals surface area contributed by atoms with Gasteiger partial charge < -0.3 is 14.7 Å². The third-order valence-corrected chi connectivity index (χ3v) is 5.51. The van der Waals surface area contributed by atoms with Gasteiger partial charge in [-0.2, -0.15) is 0 Å². The van der Waals surface area contributed by atoms with Crippen molar-refractivity contribution < 1.29 is 14.6 Å². The summed E-state index contributed by atoms with van der Waals surface area (Å²) in [4.78, 5) is 14.0. The minimum absolute atomic E-state index is 0.0303. The number of carbonyl (C=O) groups is 1. The van der Waals surface area contributed by atoms with Crippen LogP contribution in [0.2, 0.25) is 0 Å². The second kappa shape index (κ2) is 8.03. The Labute approximate surface area is 165 Å². The molecule has 28 heavy (non-hydrogen) atoms. The zero-order valence-corrected chi connectivity index (χ0v) is 16.1. The molecule has 4 rings (SSSR count). The highest BCUT2D eigenvalue weighted by Gasteiger charge is 2.20. The molecule has 0 aliphatic carbocycles. The van der Waals surface area contributed by atoms with Crippen molar-refractivity contribution in [2.24, 2.45) is 0 Å². The summed E-state index contributed by atoms with van der Waals surface area (Å²) in [5.41, 5.74) is 4.32. The number of nitrogens with zero attached hydrogens (tertiary/aromatic N) is 1. The molecule has 3 aromatic carbocycles. The first kappa shape index (κ1) is 18.5. The molecular formula is C24H25NO3. The number of aliphatic hydroxyl groups excluding tert-OH is 1. The Hall–Kier alpha value is -2.85. The number of benzene rings is 3. The molecule has 1 N–H and O–H groups in total. The molecule has 1 aliphatic rings. The fraction of sp³-hybridized carbons (Fsp3) is 0.292. The van der Waals surface area contributed by atoms with Gasteiger partial charge in [0, 0.05) is 19.5 Å². The lowest BCUT2D eigenvalue weighted by Crippen LogP contribution is -2.26. The quantitative estimate of drug-likeness (QED) is 0.703. The van der Waals surface area contributed by atoms with Crippen molar-refractivity contribution >= 4 is 16.7 Å². The van der Waals surface area contributed by atoms with Crippen molar-refractivity contribution in [3.8, 4) is 16.9 Å². The molecule has 1 saturated heterocycles. The zero-order chi connectivity index (χ0) is 19.5. The van der Waals surface area contributed by atoms with E-state index in [1.807, 2.05) is 29.2 Å². The monoisotopic (exact) mass is 375 g/mol. The molecule has 144 valence electrons. The van der Waals surface area contributed by atoms with E-state index in [4.69, 9.17) is 4.74 Å². The van der Waals surface area contributed by atoms with E-state index in [2.05, 4.69) is 30.3 Å². The summed E-state index contributed by atoms with van der Waals surface area (Å²) >= 11 is 0. The number of hydrogen-bond acceptors (Lipinski definition) is 3. The number of ether oxygens (including phenoxy) is 1. The first-order chi connectivity index (χ1) is 13.7. The van der Waals surface area contributed by atoms with E-state index in [1.54, 1.807) is 7.11 Å². The second-order valence-corrected chi connectivity index (χ2v) is 7.32. The van der Waals surface area contributed by atoms with E-state index in [1.165, 1.54) is 5.56 Å². The maximum Gasteiger partial charge on any atom is 0.222 e. The predicted molar refractivity (Wildman–Crippen MR) is 111 cm³/mol. The molecule has 0 spiro atoms. The van der Waals surface area contributed by atoms with Crippen LogP contribution in [-0.4, -0.2) is 36.1 Å². The Morgan fingerprint density at radius 1 is 1.07 bits per heavy atom. The van der Waals surface area contributed by atoms with Gasteiger partial charge in [-0.3, -0.25) is 4.79 Å². The minimum atomic E-state index is 0.0303. The van der Waals surface area contributed by atoms with Crippen molar-refractivity contribution in [2.75, 3.05) is 20.2 Å². The standard InChI is InChI=1S/C24H25NO3/c1-28-22-8-7-19-13-21(18-5-2-4-17(12-18)16-26)14-20(23(19)15-22)9-11-25-10-3-6-24(25)27/h2,4-5,7-8,12-15,26H,3,6,9-11,16H2,1H3. The van der Waals surface area contributed by atoms with Crippen LogP contribution in [0.3, 0.4) is 0 Å². The van der Waals surface area contributed by atoms with Gasteiger partial charge in [0.2, 0.25) is 5.91 Å². The molecular weight excluding hydrogens is 350 g/mol. The molecule has 0 aromatic heterocycles. The molecule has 1 aliphatic heterocycles. The minimum Gasteiger partial charge on any atom is -0.497 e. The van der Waals surface area contributed by atoms with Crippen molar-refractivity contribution in [3.63, 3.8) is 0 Å². The maximum absolute atomic E-state index is 12.0. The number of likely N-dealkylation sites (tertiary alicyclic amines) is 1. The number of fused-ring (bicyclic) bond motifs is 1. The topological polar surface area (TPSA) is 49.8 Å². The Bertz CT molecular complexity index is 1010. The summed E-state index contributed by atoms with van der Waals surface area (Å²) in [6, 6.07) is 18.5. The fourth-order valence-electron chi connectivity index (χ4n) is 3.96. The van der Waals surface area contributed by atoms with Crippen molar-refractivity contribution in [2.45, 2.75) is 25.9 Å². The normalized spacial score (nSPS) is 14.1. The van der Waals surface area contributed by atoms with Gasteiger partial charge in [-0.1, -0.05) is 30.3 Å². The zero-order valence-electron chi connectivity index (χ0n) is 16.1. The molecule has 0 radical (unpaired) electrons. The average molecular weight is 375 g/mol. The van der Waals surface area contributed by atoms with Crippen LogP contribution >= 0.6 is 0 Å². The lowest BCUT2D eigenvalue weighted by molar-refractivity contribution is -0.127. The van der Waals surface area contributed by atoms with Gasteiger partial charge in [0.15, 0.2) is 0 Å². The van der Waals surface area contributed by atoms with Gasteiger partial charge >= 0.3 is 0 Å². The first-order valence-electron chi connectivity index (χ1n) is 9.76. The average Bonchev–Trinajstić information content (AvgIpc) is 3.16. The number of methoxy groups -OCH3 is 1. The van der Waals surface area contributed by atoms with E-state index in [0.717, 1.165) is 59.1 Å². The lowest BCUT2D eigenvalue weighted by atomic mass is 9.94. The molecule has 4 nitrogen and oxygen atoms in total. The molecule has 4 heteroatoms. The summed E-state index contributed by atoms with van der Waals surface area (Å²) in [5, 5.41) is 11.8. The third kappa shape index (κ3) is 3.73. The van der Waals surface area contributed by atoms with E-state index in [-0.39, 0.29) is 12.5 Å². The molecule has 0 atom stereocenters. The van der Waals surface area contributed by atoms with Gasteiger partial charge in [0.1, 0.15) is 5.75 Å². The van der Waals surface area contributed by atoms with Gasteiger partial charge in [-0.05, 0) is 70.1 Å². The fourth-order valence-corrected chi connectivity index (χ4v) is 3.96. The van der Waals surface area contributed by atoms with Crippen LogP contribution in [0.5, 0.6) is 5.75 Å². The lowest BCUT2D eigenvalue weighted by Gasteiger charge is -2.17. The van der Waals surface area contributed by atoms with Crippen LogP contribution in [0.25, 0.3) is 21.9 Å². The number of carbonyl (C=O) groups excluding carboxylic acids is 1. The molecule has 1 fully saturated rings. The SMILES string of the molecule is COc1ccc2cc(-c3cccc(CO)c3)cc(CCN3CCCC3=O)c2c1. The molecule has 0 saturated carbocycles. The molecule has 1 amide bonds. The van der Waals surface area contributed by atoms with E-state index in [9.17, 15) is 9.90 Å². The van der Waals surface area contributed by atoms with Crippen LogP contribution in [0.1, 0.15) is 24.0 Å². The summed E-state index contributed by atoms with van der Waals surface area (Å²) < 4.78 is 5.43. The van der Waals surface area contributed by atoms with Gasteiger partial charge in [0.05, 0.1) is 13.7 Å². The highest BCUT2D eigenvalue weighted by Crippen LogP contribution is 2.31. The van der Waals surface area contributed by atoms with Crippen LogP contribution in [-0.2, 0) is 17.8 Å². The number of aliphatic hydroxyl groups is 1. The Morgan fingerprint density at radius 3 is 2.71 bits per heavy atom. The predicted octanol–water partition coefficient (Wildman–Crippen LogP) is 4.17. The third-order valence-electron chi connectivity index (χ3n) is 5.51. The summed E-state index contributed by atoms with van der Waals surface area (Å²) in [5.74, 6) is 1.09. The summed E-state index contributed by atoms with van der Waals surface area (Å²) in [6.07, 6.45) is 2.44. The largest absolute Gasteiger partial charge is 0.497 e. The van der Waals surface area contributed by atoms with Crippen LogP contribution in [0, 0.1) is 0 Å². The van der Waals surface area contributed by atoms with Crippen molar-refractivity contribution in [1.82, 2.24) is 4.90 Å². The maximum atomic E-state index is 12.0. The molecule has 0 unspecified atom stereocenters. The van der Waals surface area contributed by atoms with Gasteiger partial charge in [-0.25, -0.2) is 0 Å². The Morgan fingerprint density at radius 2 is 1.96 bits per heavy atom. The van der Waals surface area contributed by atoms with Gasteiger partial charge in [-0.15, -0.1) is 0 Å². The van der Waals surface area contributed by atoms with E-state index >= 15 is 0 Å². The van der Waals surface area contributed by atoms with Crippen molar-refractivity contribution in [1.29, 1.82) is 0 Å².